The average molecular weight is 503 g/mol. The first-order valence-corrected chi connectivity index (χ1v) is 12.0. The van der Waals surface area contributed by atoms with E-state index in [1.54, 1.807) is 36.3 Å². The Morgan fingerprint density at radius 3 is 2.70 bits per heavy atom. The third-order valence-electron chi connectivity index (χ3n) is 6.37. The van der Waals surface area contributed by atoms with E-state index in [1.807, 2.05) is 37.3 Å². The summed E-state index contributed by atoms with van der Waals surface area (Å²) in [7, 11) is 1.59. The van der Waals surface area contributed by atoms with Crippen LogP contribution in [0.1, 0.15) is 42.1 Å². The van der Waals surface area contributed by atoms with Gasteiger partial charge in [-0.1, -0.05) is 19.1 Å². The van der Waals surface area contributed by atoms with Crippen LogP contribution in [-0.2, 0) is 19.6 Å². The molecule has 5 aromatic rings. The Morgan fingerprint density at radius 1 is 1.14 bits per heavy atom. The molecule has 1 atom stereocenters. The lowest BCUT2D eigenvalue weighted by Gasteiger charge is -2.30. The Kier molecular flexibility index (Phi) is 7.09. The number of rotatable bonds is 10. The number of hydrogen-bond acceptors (Lipinski definition) is 7. The summed E-state index contributed by atoms with van der Waals surface area (Å²) in [6.07, 6.45) is 2.29. The van der Waals surface area contributed by atoms with Crippen molar-refractivity contribution in [2.24, 2.45) is 0 Å². The van der Waals surface area contributed by atoms with Gasteiger partial charge in [-0.2, -0.15) is 0 Å². The molecular weight excluding hydrogens is 475 g/mol. The standard InChI is InChI=1S/C27H27FN6O3/c1-3-25(26-30-31-32-34(26)17-23-5-4-12-37-23)33(15-18-6-9-21(28)10-7-18)16-20-13-19-8-11-22(36-2)14-24(19)29-27(20)35/h4-14,25H,3,15-17H2,1-2H3,(H,29,35). The van der Waals surface area contributed by atoms with Crippen LogP contribution in [-0.4, -0.2) is 37.2 Å². The number of furan rings is 1. The molecule has 10 heteroatoms. The number of nitrogens with zero attached hydrogens (tertiary/aromatic N) is 5. The lowest BCUT2D eigenvalue weighted by molar-refractivity contribution is 0.161. The number of hydrogen-bond donors (Lipinski definition) is 1. The maximum absolute atomic E-state index is 13.6. The van der Waals surface area contributed by atoms with E-state index < -0.39 is 0 Å². The first-order valence-electron chi connectivity index (χ1n) is 12.0. The predicted molar refractivity (Wildman–Crippen MR) is 135 cm³/mol. The fourth-order valence-corrected chi connectivity index (χ4v) is 4.51. The smallest absolute Gasteiger partial charge is 0.252 e. The minimum absolute atomic E-state index is 0.185. The summed E-state index contributed by atoms with van der Waals surface area (Å²) in [6, 6.07) is 17.3. The summed E-state index contributed by atoms with van der Waals surface area (Å²) in [5.41, 5.74) is 2.03. The molecule has 1 N–H and O–H groups in total. The van der Waals surface area contributed by atoms with E-state index in [9.17, 15) is 9.18 Å². The first kappa shape index (κ1) is 24.4. The fourth-order valence-electron chi connectivity index (χ4n) is 4.51. The molecule has 0 aliphatic heterocycles. The number of nitrogens with one attached hydrogen (secondary N) is 1. The zero-order chi connectivity index (χ0) is 25.8. The second kappa shape index (κ2) is 10.8. The van der Waals surface area contributed by atoms with Crippen molar-refractivity contribution in [2.75, 3.05) is 7.11 Å². The van der Waals surface area contributed by atoms with Crippen LogP contribution < -0.4 is 10.3 Å². The number of ether oxygens (including phenoxy) is 1. The average Bonchev–Trinajstić information content (AvgIpc) is 3.59. The van der Waals surface area contributed by atoms with Crippen LogP contribution in [0.15, 0.2) is 76.1 Å². The molecule has 9 nitrogen and oxygen atoms in total. The molecule has 37 heavy (non-hydrogen) atoms. The van der Waals surface area contributed by atoms with Gasteiger partial charge in [-0.3, -0.25) is 9.69 Å². The molecular formula is C27H27FN6O3. The molecule has 0 bridgehead atoms. The van der Waals surface area contributed by atoms with E-state index in [0.717, 1.165) is 16.7 Å². The summed E-state index contributed by atoms with van der Waals surface area (Å²) in [5.74, 6) is 1.76. The van der Waals surface area contributed by atoms with Gasteiger partial charge < -0.3 is 14.1 Å². The summed E-state index contributed by atoms with van der Waals surface area (Å²) >= 11 is 0. The molecule has 0 fully saturated rings. The van der Waals surface area contributed by atoms with Crippen molar-refractivity contribution in [1.82, 2.24) is 30.1 Å². The van der Waals surface area contributed by atoms with Crippen molar-refractivity contribution in [3.05, 3.63) is 106 Å². The number of methoxy groups -OCH3 is 1. The Balaban J connectivity index is 1.51. The minimum Gasteiger partial charge on any atom is -0.497 e. The Bertz CT molecular complexity index is 1530. The normalized spacial score (nSPS) is 12.3. The zero-order valence-electron chi connectivity index (χ0n) is 20.6. The fraction of sp³-hybridized carbons (Fsp3) is 0.259. The second-order valence-electron chi connectivity index (χ2n) is 8.81. The largest absolute Gasteiger partial charge is 0.497 e. The number of pyridine rings is 1. The van der Waals surface area contributed by atoms with Crippen LogP contribution in [0, 0.1) is 5.82 Å². The van der Waals surface area contributed by atoms with Crippen molar-refractivity contribution in [1.29, 1.82) is 0 Å². The molecule has 2 aromatic carbocycles. The molecule has 0 aliphatic rings. The van der Waals surface area contributed by atoms with Gasteiger partial charge in [0.2, 0.25) is 0 Å². The number of aromatic nitrogens is 5. The number of tetrazole rings is 1. The van der Waals surface area contributed by atoms with Crippen LogP contribution in [0.3, 0.4) is 0 Å². The third kappa shape index (κ3) is 5.44. The van der Waals surface area contributed by atoms with Crippen molar-refractivity contribution in [3.8, 4) is 5.75 Å². The molecule has 1 unspecified atom stereocenters. The Hall–Kier alpha value is -4.31. The molecule has 3 aromatic heterocycles. The SMILES string of the molecule is CCC(c1nnnn1Cc1ccco1)N(Cc1ccc(F)cc1)Cc1cc2ccc(OC)cc2[nH]c1=O. The lowest BCUT2D eigenvalue weighted by Crippen LogP contribution is -2.32. The van der Waals surface area contributed by atoms with Crippen molar-refractivity contribution < 1.29 is 13.5 Å². The third-order valence-corrected chi connectivity index (χ3v) is 6.37. The molecule has 5 rings (SSSR count). The highest BCUT2D eigenvalue weighted by atomic mass is 19.1. The molecule has 0 spiro atoms. The van der Waals surface area contributed by atoms with E-state index in [2.05, 4.69) is 25.4 Å². The predicted octanol–water partition coefficient (Wildman–Crippen LogP) is 4.46. The molecule has 0 saturated carbocycles. The number of benzene rings is 2. The maximum Gasteiger partial charge on any atom is 0.252 e. The van der Waals surface area contributed by atoms with E-state index in [1.165, 1.54) is 12.1 Å². The number of aromatic amines is 1. The number of H-pyrrole nitrogens is 1. The second-order valence-corrected chi connectivity index (χ2v) is 8.81. The van der Waals surface area contributed by atoms with Gasteiger partial charge in [0, 0.05) is 24.7 Å². The van der Waals surface area contributed by atoms with Gasteiger partial charge in [0.15, 0.2) is 5.82 Å². The zero-order valence-corrected chi connectivity index (χ0v) is 20.6. The van der Waals surface area contributed by atoms with Gasteiger partial charge in [-0.25, -0.2) is 9.07 Å². The highest BCUT2D eigenvalue weighted by Gasteiger charge is 2.26. The highest BCUT2D eigenvalue weighted by Crippen LogP contribution is 2.27. The molecule has 0 saturated heterocycles. The van der Waals surface area contributed by atoms with E-state index in [-0.39, 0.29) is 17.4 Å². The van der Waals surface area contributed by atoms with Crippen molar-refractivity contribution in [2.45, 2.75) is 39.0 Å². The Labute approximate surface area is 212 Å². The van der Waals surface area contributed by atoms with Gasteiger partial charge >= 0.3 is 0 Å². The lowest BCUT2D eigenvalue weighted by atomic mass is 10.1. The van der Waals surface area contributed by atoms with Crippen LogP contribution >= 0.6 is 0 Å². The minimum atomic E-state index is -0.300. The summed E-state index contributed by atoms with van der Waals surface area (Å²) in [6.45, 7) is 3.23. The van der Waals surface area contributed by atoms with Gasteiger partial charge in [-0.15, -0.1) is 5.10 Å². The van der Waals surface area contributed by atoms with Gasteiger partial charge in [-0.05, 0) is 70.3 Å². The van der Waals surface area contributed by atoms with Gasteiger partial charge in [0.05, 0.1) is 24.9 Å². The summed E-state index contributed by atoms with van der Waals surface area (Å²) in [4.78, 5) is 18.2. The molecule has 0 radical (unpaired) electrons. The van der Waals surface area contributed by atoms with Crippen molar-refractivity contribution >= 4 is 10.9 Å². The van der Waals surface area contributed by atoms with Crippen LogP contribution in [0.5, 0.6) is 5.75 Å². The molecule has 0 amide bonds. The quantitative estimate of drug-likeness (QED) is 0.301. The summed E-state index contributed by atoms with van der Waals surface area (Å²) < 4.78 is 26.1. The maximum atomic E-state index is 13.6. The topological polar surface area (TPSA) is 102 Å². The van der Waals surface area contributed by atoms with Crippen molar-refractivity contribution in [3.63, 3.8) is 0 Å². The number of halogens is 1. The molecule has 190 valence electrons. The number of fused-ring (bicyclic) bond motifs is 1. The van der Waals surface area contributed by atoms with E-state index in [0.29, 0.717) is 48.7 Å². The monoisotopic (exact) mass is 502 g/mol. The Morgan fingerprint density at radius 2 is 1.97 bits per heavy atom. The van der Waals surface area contributed by atoms with Gasteiger partial charge in [0.25, 0.3) is 5.56 Å². The van der Waals surface area contributed by atoms with E-state index >= 15 is 0 Å². The highest BCUT2D eigenvalue weighted by molar-refractivity contribution is 5.80. The van der Waals surface area contributed by atoms with Crippen LogP contribution in [0.25, 0.3) is 10.9 Å². The van der Waals surface area contributed by atoms with Crippen LogP contribution in [0.2, 0.25) is 0 Å². The van der Waals surface area contributed by atoms with Crippen LogP contribution in [0.4, 0.5) is 4.39 Å². The van der Waals surface area contributed by atoms with Gasteiger partial charge in [0.1, 0.15) is 23.9 Å². The first-order chi connectivity index (χ1) is 18.0. The molecule has 3 heterocycles. The molecule has 0 aliphatic carbocycles. The summed E-state index contributed by atoms with van der Waals surface area (Å²) in [5, 5.41) is 13.3. The van der Waals surface area contributed by atoms with E-state index in [4.69, 9.17) is 9.15 Å².